The van der Waals surface area contributed by atoms with E-state index in [1.807, 2.05) is 32.0 Å². The predicted octanol–water partition coefficient (Wildman–Crippen LogP) is 1.25. The first-order chi connectivity index (χ1) is 5.09. The molecule has 1 unspecified atom stereocenters. The first-order valence-electron chi connectivity index (χ1n) is 3.61. The Kier molecular flexibility index (Phi) is 2.27. The topological polar surface area (TPSA) is 46.2 Å². The minimum absolute atomic E-state index is 0.780. The van der Waals surface area contributed by atoms with Gasteiger partial charge in [0.2, 0.25) is 0 Å². The van der Waals surface area contributed by atoms with Crippen LogP contribution in [0.15, 0.2) is 18.2 Å². The standard InChI is InChI=1S/C9H13NO/c1-6-3-7(2)5-8(4-6)9(10)11/h3-5,9,11H,10H2,1-2H3. The highest BCUT2D eigenvalue weighted by Gasteiger charge is 2.00. The van der Waals surface area contributed by atoms with Crippen molar-refractivity contribution in [2.24, 2.45) is 5.73 Å². The summed E-state index contributed by atoms with van der Waals surface area (Å²) < 4.78 is 0. The molecule has 0 bridgehead atoms. The summed E-state index contributed by atoms with van der Waals surface area (Å²) in [6.45, 7) is 3.97. The van der Waals surface area contributed by atoms with Crippen molar-refractivity contribution in [3.8, 4) is 0 Å². The van der Waals surface area contributed by atoms with E-state index < -0.39 is 6.23 Å². The quantitative estimate of drug-likeness (QED) is 0.593. The average molecular weight is 151 g/mol. The van der Waals surface area contributed by atoms with Gasteiger partial charge in [-0.1, -0.05) is 29.3 Å². The van der Waals surface area contributed by atoms with Gasteiger partial charge < -0.3 is 10.8 Å². The third kappa shape index (κ3) is 2.03. The molecule has 60 valence electrons. The number of hydrogen-bond acceptors (Lipinski definition) is 2. The van der Waals surface area contributed by atoms with Crippen LogP contribution in [0.25, 0.3) is 0 Å². The van der Waals surface area contributed by atoms with Crippen LogP contribution in [0.2, 0.25) is 0 Å². The molecule has 0 saturated heterocycles. The Labute approximate surface area is 66.7 Å². The Morgan fingerprint density at radius 2 is 1.64 bits per heavy atom. The minimum atomic E-state index is -0.853. The second-order valence-electron chi connectivity index (χ2n) is 2.87. The summed E-state index contributed by atoms with van der Waals surface area (Å²) in [6.07, 6.45) is -0.853. The zero-order valence-electron chi connectivity index (χ0n) is 6.83. The fraction of sp³-hybridized carbons (Fsp3) is 0.333. The van der Waals surface area contributed by atoms with Gasteiger partial charge in [-0.15, -0.1) is 0 Å². The monoisotopic (exact) mass is 151 g/mol. The fourth-order valence-corrected chi connectivity index (χ4v) is 1.18. The maximum Gasteiger partial charge on any atom is 0.128 e. The molecule has 0 aliphatic heterocycles. The molecule has 1 rings (SSSR count). The average Bonchev–Trinajstić information content (AvgIpc) is 1.85. The lowest BCUT2D eigenvalue weighted by molar-refractivity contribution is 0.186. The number of aliphatic hydroxyl groups excluding tert-OH is 1. The molecule has 2 heteroatoms. The van der Waals surface area contributed by atoms with Crippen molar-refractivity contribution < 1.29 is 5.11 Å². The number of aryl methyl sites for hydroxylation is 2. The molecule has 0 saturated carbocycles. The zero-order chi connectivity index (χ0) is 8.43. The van der Waals surface area contributed by atoms with Gasteiger partial charge in [-0.05, 0) is 19.4 Å². The second kappa shape index (κ2) is 3.03. The Bertz CT molecular complexity index is 235. The summed E-state index contributed by atoms with van der Waals surface area (Å²) in [5.41, 5.74) is 8.35. The molecule has 0 fully saturated rings. The van der Waals surface area contributed by atoms with Gasteiger partial charge in [0, 0.05) is 0 Å². The molecule has 1 aromatic carbocycles. The number of benzene rings is 1. The first kappa shape index (κ1) is 8.24. The third-order valence-corrected chi connectivity index (χ3v) is 1.59. The molecule has 0 aromatic heterocycles. The van der Waals surface area contributed by atoms with Gasteiger partial charge in [-0.3, -0.25) is 0 Å². The van der Waals surface area contributed by atoms with Crippen molar-refractivity contribution in [2.45, 2.75) is 20.1 Å². The molecular weight excluding hydrogens is 138 g/mol. The van der Waals surface area contributed by atoms with E-state index in [2.05, 4.69) is 0 Å². The van der Waals surface area contributed by atoms with E-state index in [0.29, 0.717) is 0 Å². The molecule has 0 aliphatic rings. The van der Waals surface area contributed by atoms with Crippen molar-refractivity contribution in [1.82, 2.24) is 0 Å². The van der Waals surface area contributed by atoms with E-state index in [-0.39, 0.29) is 0 Å². The van der Waals surface area contributed by atoms with E-state index in [9.17, 15) is 0 Å². The van der Waals surface area contributed by atoms with E-state index in [1.54, 1.807) is 0 Å². The largest absolute Gasteiger partial charge is 0.375 e. The summed E-state index contributed by atoms with van der Waals surface area (Å²) in [7, 11) is 0. The second-order valence-corrected chi connectivity index (χ2v) is 2.87. The van der Waals surface area contributed by atoms with Gasteiger partial charge in [0.15, 0.2) is 0 Å². The Hall–Kier alpha value is -0.860. The minimum Gasteiger partial charge on any atom is -0.375 e. The van der Waals surface area contributed by atoms with Gasteiger partial charge in [0.25, 0.3) is 0 Å². The normalized spacial score (nSPS) is 13.1. The molecule has 0 spiro atoms. The molecule has 1 aromatic rings. The predicted molar refractivity (Wildman–Crippen MR) is 45.1 cm³/mol. The van der Waals surface area contributed by atoms with Crippen LogP contribution >= 0.6 is 0 Å². The lowest BCUT2D eigenvalue weighted by Crippen LogP contribution is -2.08. The van der Waals surface area contributed by atoms with Gasteiger partial charge >= 0.3 is 0 Å². The number of nitrogens with two attached hydrogens (primary N) is 1. The molecule has 11 heavy (non-hydrogen) atoms. The Morgan fingerprint density at radius 3 is 2.00 bits per heavy atom. The van der Waals surface area contributed by atoms with Crippen LogP contribution < -0.4 is 5.73 Å². The van der Waals surface area contributed by atoms with Gasteiger partial charge in [0.1, 0.15) is 6.23 Å². The van der Waals surface area contributed by atoms with Crippen LogP contribution in [-0.4, -0.2) is 5.11 Å². The van der Waals surface area contributed by atoms with Gasteiger partial charge in [0.05, 0.1) is 0 Å². The molecular formula is C9H13NO. The smallest absolute Gasteiger partial charge is 0.128 e. The summed E-state index contributed by atoms with van der Waals surface area (Å²) in [5, 5.41) is 9.05. The van der Waals surface area contributed by atoms with E-state index in [0.717, 1.165) is 16.7 Å². The highest BCUT2D eigenvalue weighted by atomic mass is 16.3. The van der Waals surface area contributed by atoms with Crippen LogP contribution in [0.5, 0.6) is 0 Å². The molecule has 0 heterocycles. The van der Waals surface area contributed by atoms with Gasteiger partial charge in [-0.25, -0.2) is 0 Å². The number of aliphatic hydroxyl groups is 1. The highest BCUT2D eigenvalue weighted by Crippen LogP contribution is 2.12. The fourth-order valence-electron chi connectivity index (χ4n) is 1.18. The van der Waals surface area contributed by atoms with Crippen LogP contribution in [0.3, 0.4) is 0 Å². The van der Waals surface area contributed by atoms with Crippen molar-refractivity contribution in [1.29, 1.82) is 0 Å². The molecule has 1 atom stereocenters. The first-order valence-corrected chi connectivity index (χ1v) is 3.61. The van der Waals surface area contributed by atoms with Crippen LogP contribution in [-0.2, 0) is 0 Å². The summed E-state index contributed by atoms with van der Waals surface area (Å²) >= 11 is 0. The summed E-state index contributed by atoms with van der Waals surface area (Å²) in [6, 6.07) is 5.82. The van der Waals surface area contributed by atoms with Crippen molar-refractivity contribution >= 4 is 0 Å². The van der Waals surface area contributed by atoms with Crippen LogP contribution in [0.4, 0.5) is 0 Å². The maximum absolute atomic E-state index is 9.05. The third-order valence-electron chi connectivity index (χ3n) is 1.59. The Morgan fingerprint density at radius 1 is 1.18 bits per heavy atom. The summed E-state index contributed by atoms with van der Waals surface area (Å²) in [5.74, 6) is 0. The Balaban J connectivity index is 3.08. The van der Waals surface area contributed by atoms with E-state index in [1.165, 1.54) is 0 Å². The van der Waals surface area contributed by atoms with E-state index >= 15 is 0 Å². The van der Waals surface area contributed by atoms with Gasteiger partial charge in [-0.2, -0.15) is 0 Å². The summed E-state index contributed by atoms with van der Waals surface area (Å²) in [4.78, 5) is 0. The van der Waals surface area contributed by atoms with Crippen molar-refractivity contribution in [3.05, 3.63) is 34.9 Å². The lowest BCUT2D eigenvalue weighted by Gasteiger charge is -2.06. The highest BCUT2D eigenvalue weighted by molar-refractivity contribution is 5.29. The number of hydrogen-bond donors (Lipinski definition) is 2. The molecule has 0 radical (unpaired) electrons. The molecule has 2 nitrogen and oxygen atoms in total. The number of rotatable bonds is 1. The SMILES string of the molecule is Cc1cc(C)cc(C(N)O)c1. The van der Waals surface area contributed by atoms with Crippen molar-refractivity contribution in [2.75, 3.05) is 0 Å². The molecule has 3 N–H and O–H groups in total. The van der Waals surface area contributed by atoms with Crippen LogP contribution in [0, 0.1) is 13.8 Å². The maximum atomic E-state index is 9.05. The lowest BCUT2D eigenvalue weighted by atomic mass is 10.1. The van der Waals surface area contributed by atoms with Crippen molar-refractivity contribution in [3.63, 3.8) is 0 Å². The van der Waals surface area contributed by atoms with Crippen LogP contribution in [0.1, 0.15) is 22.9 Å². The molecule has 0 aliphatic carbocycles. The van der Waals surface area contributed by atoms with E-state index in [4.69, 9.17) is 10.8 Å². The molecule has 0 amide bonds. The zero-order valence-corrected chi connectivity index (χ0v) is 6.83.